The topological polar surface area (TPSA) is 84.6 Å². The summed E-state index contributed by atoms with van der Waals surface area (Å²) in [6.45, 7) is 0.568. The van der Waals surface area contributed by atoms with Crippen molar-refractivity contribution in [2.75, 3.05) is 6.54 Å². The molecule has 0 saturated carbocycles. The number of hydrogen-bond acceptors (Lipinski definition) is 5. The van der Waals surface area contributed by atoms with E-state index in [1.807, 2.05) is 0 Å². The summed E-state index contributed by atoms with van der Waals surface area (Å²) in [6.07, 6.45) is -0.853. The second kappa shape index (κ2) is 7.87. The van der Waals surface area contributed by atoms with E-state index in [0.29, 0.717) is 17.0 Å². The van der Waals surface area contributed by atoms with Crippen LogP contribution in [0.1, 0.15) is 28.7 Å². The Bertz CT molecular complexity index is 666. The molecule has 2 rings (SSSR count). The molecule has 1 aromatic heterocycles. The van der Waals surface area contributed by atoms with Crippen molar-refractivity contribution in [1.29, 1.82) is 0 Å². The maximum Gasteiger partial charge on any atom is 0.387 e. The van der Waals surface area contributed by atoms with Gasteiger partial charge in [0.25, 0.3) is 0 Å². The number of alkyl halides is 2. The van der Waals surface area contributed by atoms with Gasteiger partial charge in [-0.1, -0.05) is 17.3 Å². The molecule has 1 heterocycles. The molecule has 24 heavy (non-hydrogen) atoms. The molecule has 0 spiro atoms. The van der Waals surface area contributed by atoms with E-state index in [-0.39, 0.29) is 24.6 Å². The van der Waals surface area contributed by atoms with Crippen LogP contribution in [-0.2, 0) is 11.2 Å². The van der Waals surface area contributed by atoms with Crippen LogP contribution in [0.5, 0.6) is 5.75 Å². The van der Waals surface area contributed by atoms with Crippen LogP contribution in [0.3, 0.4) is 0 Å². The van der Waals surface area contributed by atoms with Gasteiger partial charge in [-0.25, -0.2) is 0 Å². The standard InChI is InChI=1S/C16H18F2N2O4/c1-9-13(10(2)24-20-9)7-15(22)19-8-14(21)11-3-5-12(6-4-11)23-16(17)18/h3-6,14,16,21H,7-8H2,1-2H3,(H,19,22). The fourth-order valence-corrected chi connectivity index (χ4v) is 2.18. The number of amides is 1. The van der Waals surface area contributed by atoms with Crippen LogP contribution in [0.15, 0.2) is 28.8 Å². The molecule has 0 bridgehead atoms. The molecule has 0 saturated heterocycles. The van der Waals surface area contributed by atoms with Crippen molar-refractivity contribution in [2.45, 2.75) is 33.0 Å². The van der Waals surface area contributed by atoms with Crippen molar-refractivity contribution in [3.8, 4) is 5.75 Å². The minimum Gasteiger partial charge on any atom is -0.435 e. The van der Waals surface area contributed by atoms with E-state index < -0.39 is 12.7 Å². The molecule has 2 N–H and O–H groups in total. The second-order valence-corrected chi connectivity index (χ2v) is 5.25. The number of carbonyl (C=O) groups is 1. The number of aliphatic hydroxyl groups is 1. The van der Waals surface area contributed by atoms with Crippen molar-refractivity contribution >= 4 is 5.91 Å². The van der Waals surface area contributed by atoms with Crippen LogP contribution < -0.4 is 10.1 Å². The van der Waals surface area contributed by atoms with E-state index in [0.717, 1.165) is 5.56 Å². The van der Waals surface area contributed by atoms with E-state index in [1.54, 1.807) is 13.8 Å². The smallest absolute Gasteiger partial charge is 0.387 e. The molecule has 1 amide bonds. The van der Waals surface area contributed by atoms with Gasteiger partial charge in [0.2, 0.25) is 5.91 Å². The summed E-state index contributed by atoms with van der Waals surface area (Å²) in [7, 11) is 0. The average Bonchev–Trinajstić information content (AvgIpc) is 2.84. The van der Waals surface area contributed by atoms with Gasteiger partial charge in [-0.05, 0) is 31.5 Å². The Labute approximate surface area is 137 Å². The van der Waals surface area contributed by atoms with Gasteiger partial charge in [0.1, 0.15) is 11.5 Å². The van der Waals surface area contributed by atoms with Crippen LogP contribution >= 0.6 is 0 Å². The molecule has 0 aliphatic heterocycles. The summed E-state index contributed by atoms with van der Waals surface area (Å²) in [4.78, 5) is 11.9. The molecule has 8 heteroatoms. The Hall–Kier alpha value is -2.48. The molecule has 130 valence electrons. The predicted molar refractivity (Wildman–Crippen MR) is 80.7 cm³/mol. The van der Waals surface area contributed by atoms with Crippen molar-refractivity contribution in [1.82, 2.24) is 10.5 Å². The lowest BCUT2D eigenvalue weighted by molar-refractivity contribution is -0.120. The number of nitrogens with zero attached hydrogens (tertiary/aromatic N) is 1. The van der Waals surface area contributed by atoms with Crippen molar-refractivity contribution in [2.24, 2.45) is 0 Å². The number of carbonyl (C=O) groups excluding carboxylic acids is 1. The van der Waals surface area contributed by atoms with Crippen LogP contribution in [0.4, 0.5) is 8.78 Å². The predicted octanol–water partition coefficient (Wildman–Crippen LogP) is 2.29. The molecule has 0 fully saturated rings. The minimum atomic E-state index is -2.90. The van der Waals surface area contributed by atoms with E-state index in [4.69, 9.17) is 4.52 Å². The number of ether oxygens (including phenoxy) is 1. The average molecular weight is 340 g/mol. The summed E-state index contributed by atoms with van der Waals surface area (Å²) in [5, 5.41) is 16.4. The van der Waals surface area contributed by atoms with Crippen LogP contribution in [0, 0.1) is 13.8 Å². The van der Waals surface area contributed by atoms with Crippen molar-refractivity contribution in [3.05, 3.63) is 46.8 Å². The first-order valence-electron chi connectivity index (χ1n) is 7.28. The first-order valence-corrected chi connectivity index (χ1v) is 7.28. The summed E-state index contributed by atoms with van der Waals surface area (Å²) in [5.74, 6) is 0.308. The number of nitrogens with one attached hydrogen (secondary N) is 1. The van der Waals surface area contributed by atoms with Gasteiger partial charge in [-0.15, -0.1) is 0 Å². The number of halogens is 2. The first-order chi connectivity index (χ1) is 11.4. The molecule has 1 atom stereocenters. The lowest BCUT2D eigenvalue weighted by Crippen LogP contribution is -2.29. The van der Waals surface area contributed by atoms with E-state index >= 15 is 0 Å². The molecule has 0 radical (unpaired) electrons. The van der Waals surface area contributed by atoms with Gasteiger partial charge in [0, 0.05) is 12.1 Å². The minimum absolute atomic E-state index is 0.00272. The van der Waals surface area contributed by atoms with Crippen molar-refractivity contribution in [3.63, 3.8) is 0 Å². The van der Waals surface area contributed by atoms with Crippen molar-refractivity contribution < 1.29 is 27.9 Å². The fraction of sp³-hybridized carbons (Fsp3) is 0.375. The number of rotatable bonds is 7. The number of benzene rings is 1. The summed E-state index contributed by atoms with van der Waals surface area (Å²) < 4.78 is 33.4. The summed E-state index contributed by atoms with van der Waals surface area (Å²) in [5.41, 5.74) is 1.85. The van der Waals surface area contributed by atoms with Gasteiger partial charge < -0.3 is 19.7 Å². The third-order valence-electron chi connectivity index (χ3n) is 3.50. The summed E-state index contributed by atoms with van der Waals surface area (Å²) >= 11 is 0. The Morgan fingerprint density at radius 2 is 2.00 bits per heavy atom. The highest BCUT2D eigenvalue weighted by Crippen LogP contribution is 2.19. The van der Waals surface area contributed by atoms with Crippen LogP contribution in [0.2, 0.25) is 0 Å². The van der Waals surface area contributed by atoms with Gasteiger partial charge in [0.15, 0.2) is 0 Å². The number of hydrogen-bond donors (Lipinski definition) is 2. The van der Waals surface area contributed by atoms with E-state index in [1.165, 1.54) is 24.3 Å². The maximum absolute atomic E-state index is 12.1. The highest BCUT2D eigenvalue weighted by atomic mass is 19.3. The third kappa shape index (κ3) is 4.76. The van der Waals surface area contributed by atoms with Crippen LogP contribution in [0.25, 0.3) is 0 Å². The molecular formula is C16H18F2N2O4. The number of aryl methyl sites for hydroxylation is 2. The SMILES string of the molecule is Cc1noc(C)c1CC(=O)NCC(O)c1ccc(OC(F)F)cc1. The lowest BCUT2D eigenvalue weighted by atomic mass is 10.1. The molecular weight excluding hydrogens is 322 g/mol. The Morgan fingerprint density at radius 1 is 1.33 bits per heavy atom. The Kier molecular flexibility index (Phi) is 5.86. The fourth-order valence-electron chi connectivity index (χ4n) is 2.18. The maximum atomic E-state index is 12.1. The zero-order valence-corrected chi connectivity index (χ0v) is 13.3. The Morgan fingerprint density at radius 3 is 2.54 bits per heavy atom. The number of aromatic nitrogens is 1. The van der Waals surface area contributed by atoms with Gasteiger partial charge in [-0.3, -0.25) is 4.79 Å². The first kappa shape index (κ1) is 17.9. The normalized spacial score (nSPS) is 12.2. The van der Waals surface area contributed by atoms with E-state index in [2.05, 4.69) is 15.2 Å². The largest absolute Gasteiger partial charge is 0.435 e. The monoisotopic (exact) mass is 340 g/mol. The molecule has 0 aliphatic carbocycles. The highest BCUT2D eigenvalue weighted by Gasteiger charge is 2.15. The lowest BCUT2D eigenvalue weighted by Gasteiger charge is -2.13. The van der Waals surface area contributed by atoms with Gasteiger partial charge in [0.05, 0.1) is 18.2 Å². The number of aliphatic hydroxyl groups excluding tert-OH is 1. The third-order valence-corrected chi connectivity index (χ3v) is 3.50. The van der Waals surface area contributed by atoms with Gasteiger partial charge in [-0.2, -0.15) is 8.78 Å². The molecule has 1 aromatic carbocycles. The molecule has 2 aromatic rings. The second-order valence-electron chi connectivity index (χ2n) is 5.25. The van der Waals surface area contributed by atoms with Crippen LogP contribution in [-0.4, -0.2) is 29.3 Å². The van der Waals surface area contributed by atoms with Gasteiger partial charge >= 0.3 is 6.61 Å². The highest BCUT2D eigenvalue weighted by molar-refractivity contribution is 5.79. The quantitative estimate of drug-likeness (QED) is 0.808. The Balaban J connectivity index is 1.86. The molecule has 0 aliphatic rings. The zero-order chi connectivity index (χ0) is 17.7. The van der Waals surface area contributed by atoms with E-state index in [9.17, 15) is 18.7 Å². The molecule has 6 nitrogen and oxygen atoms in total. The zero-order valence-electron chi connectivity index (χ0n) is 13.3. The summed E-state index contributed by atoms with van der Waals surface area (Å²) in [6, 6.07) is 5.58. The molecule has 1 unspecified atom stereocenters.